The third kappa shape index (κ3) is 1.89. The largest absolute Gasteiger partial charge is 0.390 e. The molecule has 1 aliphatic heterocycles. The smallest absolute Gasteiger partial charge is 0.0949 e. The fourth-order valence-corrected chi connectivity index (χ4v) is 1.65. The van der Waals surface area contributed by atoms with Crippen LogP contribution in [0.5, 0.6) is 0 Å². The van der Waals surface area contributed by atoms with Crippen LogP contribution in [0.25, 0.3) is 0 Å². The molecule has 0 aliphatic carbocycles. The number of hydrogen-bond acceptors (Lipinski definition) is 3. The summed E-state index contributed by atoms with van der Waals surface area (Å²) < 4.78 is 7.45. The maximum Gasteiger partial charge on any atom is 0.0949 e. The van der Waals surface area contributed by atoms with Crippen molar-refractivity contribution in [2.45, 2.75) is 32.1 Å². The molecule has 4 nitrogen and oxygen atoms in total. The van der Waals surface area contributed by atoms with Gasteiger partial charge in [0, 0.05) is 6.61 Å². The van der Waals surface area contributed by atoms with Crippen molar-refractivity contribution >= 4 is 0 Å². The first-order valence-corrected chi connectivity index (χ1v) is 4.61. The van der Waals surface area contributed by atoms with Crippen molar-refractivity contribution in [1.29, 1.82) is 0 Å². The normalized spacial score (nSPS) is 22.4. The predicted molar refractivity (Wildman–Crippen MR) is 47.1 cm³/mol. The fraction of sp³-hybridized carbons (Fsp3) is 0.667. The van der Waals surface area contributed by atoms with Crippen LogP contribution in [0.4, 0.5) is 0 Å². The molecule has 4 heteroatoms. The predicted octanol–water partition coefficient (Wildman–Crippen LogP) is 0.554. The van der Waals surface area contributed by atoms with Crippen LogP contribution in [0.2, 0.25) is 0 Å². The lowest BCUT2D eigenvalue weighted by Crippen LogP contribution is -2.15. The van der Waals surface area contributed by atoms with Gasteiger partial charge in [-0.25, -0.2) is 4.98 Å². The molecule has 0 amide bonds. The Labute approximate surface area is 77.2 Å². The number of imidazole rings is 1. The number of rotatable bonds is 3. The first kappa shape index (κ1) is 8.72. The molecule has 2 rings (SSSR count). The lowest BCUT2D eigenvalue weighted by atomic mass is 10.2. The summed E-state index contributed by atoms with van der Waals surface area (Å²) in [6, 6.07) is 0. The highest BCUT2D eigenvalue weighted by atomic mass is 16.5. The Morgan fingerprint density at radius 2 is 2.62 bits per heavy atom. The van der Waals surface area contributed by atoms with E-state index in [4.69, 9.17) is 9.84 Å². The highest BCUT2D eigenvalue weighted by molar-refractivity contribution is 4.96. The molecule has 1 saturated heterocycles. The first-order chi connectivity index (χ1) is 6.40. The van der Waals surface area contributed by atoms with Crippen molar-refractivity contribution in [3.63, 3.8) is 0 Å². The highest BCUT2D eigenvalue weighted by Gasteiger charge is 2.16. The van der Waals surface area contributed by atoms with Gasteiger partial charge in [0.1, 0.15) is 0 Å². The van der Waals surface area contributed by atoms with Crippen molar-refractivity contribution in [3.8, 4) is 0 Å². The maximum absolute atomic E-state index is 8.98. The quantitative estimate of drug-likeness (QED) is 0.742. The lowest BCUT2D eigenvalue weighted by molar-refractivity contribution is 0.0952. The van der Waals surface area contributed by atoms with Gasteiger partial charge in [0.05, 0.1) is 37.5 Å². The minimum absolute atomic E-state index is 0.0483. The number of aliphatic hydroxyl groups is 1. The highest BCUT2D eigenvalue weighted by Crippen LogP contribution is 2.14. The number of ether oxygens (including phenoxy) is 1. The molecule has 1 aliphatic rings. The summed E-state index contributed by atoms with van der Waals surface area (Å²) in [7, 11) is 0. The van der Waals surface area contributed by atoms with Crippen LogP contribution in [-0.2, 0) is 17.9 Å². The summed E-state index contributed by atoms with van der Waals surface area (Å²) in [4.78, 5) is 3.98. The standard InChI is InChI=1S/C9H14N2O2/c12-6-8-4-10-7-11(8)5-9-2-1-3-13-9/h4,7,9,12H,1-3,5-6H2. The van der Waals surface area contributed by atoms with Gasteiger partial charge in [0.25, 0.3) is 0 Å². The molecule has 0 radical (unpaired) electrons. The molecule has 1 N–H and O–H groups in total. The van der Waals surface area contributed by atoms with E-state index < -0.39 is 0 Å². The van der Waals surface area contributed by atoms with Gasteiger partial charge < -0.3 is 14.4 Å². The van der Waals surface area contributed by atoms with E-state index in [0.717, 1.165) is 31.7 Å². The van der Waals surface area contributed by atoms with E-state index in [9.17, 15) is 0 Å². The van der Waals surface area contributed by atoms with Crippen LogP contribution >= 0.6 is 0 Å². The average Bonchev–Trinajstić information content (AvgIpc) is 2.76. The van der Waals surface area contributed by atoms with Crippen molar-refractivity contribution in [1.82, 2.24) is 9.55 Å². The fourth-order valence-electron chi connectivity index (χ4n) is 1.65. The first-order valence-electron chi connectivity index (χ1n) is 4.61. The number of nitrogens with zero attached hydrogens (tertiary/aromatic N) is 2. The molecular weight excluding hydrogens is 168 g/mol. The number of hydrogen-bond donors (Lipinski definition) is 1. The van der Waals surface area contributed by atoms with Crippen LogP contribution in [0.15, 0.2) is 12.5 Å². The molecule has 72 valence electrons. The molecule has 13 heavy (non-hydrogen) atoms. The Hall–Kier alpha value is -0.870. The molecule has 1 fully saturated rings. The molecule has 0 aromatic carbocycles. The Morgan fingerprint density at radius 3 is 3.31 bits per heavy atom. The van der Waals surface area contributed by atoms with E-state index in [2.05, 4.69) is 4.98 Å². The molecule has 1 unspecified atom stereocenters. The summed E-state index contributed by atoms with van der Waals surface area (Å²) in [5, 5.41) is 8.98. The third-order valence-electron chi connectivity index (χ3n) is 2.38. The van der Waals surface area contributed by atoms with E-state index >= 15 is 0 Å². The Kier molecular flexibility index (Phi) is 2.61. The Morgan fingerprint density at radius 1 is 1.69 bits per heavy atom. The molecular formula is C9H14N2O2. The van der Waals surface area contributed by atoms with Crippen molar-refractivity contribution in [2.24, 2.45) is 0 Å². The summed E-state index contributed by atoms with van der Waals surface area (Å²) in [6.07, 6.45) is 6.00. The summed E-state index contributed by atoms with van der Waals surface area (Å²) in [5.74, 6) is 0. The SMILES string of the molecule is OCc1cncn1CC1CCCO1. The summed E-state index contributed by atoms with van der Waals surface area (Å²) in [6.45, 7) is 1.73. The van der Waals surface area contributed by atoms with E-state index in [-0.39, 0.29) is 6.61 Å². The molecule has 2 heterocycles. The van der Waals surface area contributed by atoms with Crippen molar-refractivity contribution < 1.29 is 9.84 Å². The average molecular weight is 182 g/mol. The molecule has 1 aromatic rings. The van der Waals surface area contributed by atoms with Gasteiger partial charge >= 0.3 is 0 Å². The summed E-state index contributed by atoms with van der Waals surface area (Å²) in [5.41, 5.74) is 0.857. The molecule has 1 aromatic heterocycles. The van der Waals surface area contributed by atoms with E-state index in [1.165, 1.54) is 0 Å². The monoisotopic (exact) mass is 182 g/mol. The van der Waals surface area contributed by atoms with Gasteiger partial charge in [0.15, 0.2) is 0 Å². The number of aliphatic hydroxyl groups excluding tert-OH is 1. The van der Waals surface area contributed by atoms with Crippen molar-refractivity contribution in [2.75, 3.05) is 6.61 Å². The van der Waals surface area contributed by atoms with Crippen LogP contribution in [0.3, 0.4) is 0 Å². The Balaban J connectivity index is 1.99. The van der Waals surface area contributed by atoms with Gasteiger partial charge in [-0.1, -0.05) is 0 Å². The van der Waals surface area contributed by atoms with Gasteiger partial charge in [-0.05, 0) is 12.8 Å². The zero-order valence-corrected chi connectivity index (χ0v) is 7.52. The van der Waals surface area contributed by atoms with Gasteiger partial charge in [-0.2, -0.15) is 0 Å². The molecule has 0 bridgehead atoms. The zero-order valence-electron chi connectivity index (χ0n) is 7.52. The molecule has 1 atom stereocenters. The molecule has 0 saturated carbocycles. The Bertz CT molecular complexity index is 266. The topological polar surface area (TPSA) is 47.3 Å². The van der Waals surface area contributed by atoms with Crippen molar-refractivity contribution in [3.05, 3.63) is 18.2 Å². The third-order valence-corrected chi connectivity index (χ3v) is 2.38. The van der Waals surface area contributed by atoms with E-state index in [1.807, 2.05) is 4.57 Å². The zero-order chi connectivity index (χ0) is 9.10. The molecule has 0 spiro atoms. The summed E-state index contributed by atoms with van der Waals surface area (Å²) >= 11 is 0. The van der Waals surface area contributed by atoms with Crippen LogP contribution in [0, 0.1) is 0 Å². The maximum atomic E-state index is 8.98. The van der Waals surface area contributed by atoms with Crippen LogP contribution in [0.1, 0.15) is 18.5 Å². The lowest BCUT2D eigenvalue weighted by Gasteiger charge is -2.11. The van der Waals surface area contributed by atoms with E-state index in [1.54, 1.807) is 12.5 Å². The van der Waals surface area contributed by atoms with Gasteiger partial charge in [0.2, 0.25) is 0 Å². The second kappa shape index (κ2) is 3.89. The van der Waals surface area contributed by atoms with Crippen LogP contribution < -0.4 is 0 Å². The second-order valence-corrected chi connectivity index (χ2v) is 3.33. The number of aromatic nitrogens is 2. The van der Waals surface area contributed by atoms with Crippen LogP contribution in [-0.4, -0.2) is 27.4 Å². The minimum Gasteiger partial charge on any atom is -0.390 e. The van der Waals surface area contributed by atoms with E-state index in [0.29, 0.717) is 6.10 Å². The minimum atomic E-state index is 0.0483. The van der Waals surface area contributed by atoms with Gasteiger partial charge in [-0.15, -0.1) is 0 Å². The van der Waals surface area contributed by atoms with Gasteiger partial charge in [-0.3, -0.25) is 0 Å². The second-order valence-electron chi connectivity index (χ2n) is 3.33.